The number of fused-ring (bicyclic) bond motifs is 1. The lowest BCUT2D eigenvalue weighted by molar-refractivity contribution is -0.137. The molecule has 1 amide bonds. The van der Waals surface area contributed by atoms with Crippen molar-refractivity contribution in [1.29, 1.82) is 5.26 Å². The lowest BCUT2D eigenvalue weighted by atomic mass is 10.0. The third-order valence-corrected chi connectivity index (χ3v) is 6.60. The van der Waals surface area contributed by atoms with Crippen LogP contribution in [0.15, 0.2) is 41.3 Å². The number of alkyl halides is 3. The molecule has 1 aliphatic rings. The summed E-state index contributed by atoms with van der Waals surface area (Å²) < 4.78 is 42.0. The number of carbonyl (C=O) groups excluding carboxylic acids is 1. The molecule has 1 saturated heterocycles. The van der Waals surface area contributed by atoms with Crippen LogP contribution in [0.2, 0.25) is 0 Å². The SMILES string of the molecule is CCc1cc(=O)n2cc(N3C(S)N(c4ccc(C#N)c(C(F)(F)F)c4)C(=O)C3(C)C)cc(C)c2n1. The van der Waals surface area contributed by atoms with Gasteiger partial charge in [0.2, 0.25) is 0 Å². The van der Waals surface area contributed by atoms with E-state index in [-0.39, 0.29) is 11.2 Å². The van der Waals surface area contributed by atoms with Gasteiger partial charge in [-0.15, -0.1) is 12.6 Å². The van der Waals surface area contributed by atoms with Crippen molar-refractivity contribution < 1.29 is 18.0 Å². The highest BCUT2D eigenvalue weighted by Gasteiger charge is 2.52. The predicted molar refractivity (Wildman–Crippen MR) is 129 cm³/mol. The number of nitrogens with zero attached hydrogens (tertiary/aromatic N) is 5. The first-order valence-corrected chi connectivity index (χ1v) is 11.3. The van der Waals surface area contributed by atoms with Crippen molar-refractivity contribution in [3.8, 4) is 6.07 Å². The Morgan fingerprint density at radius 2 is 1.86 bits per heavy atom. The minimum atomic E-state index is -4.77. The molecule has 35 heavy (non-hydrogen) atoms. The number of halogens is 3. The van der Waals surface area contributed by atoms with Gasteiger partial charge < -0.3 is 4.90 Å². The first kappa shape index (κ1) is 24.6. The van der Waals surface area contributed by atoms with E-state index in [1.807, 2.05) is 6.92 Å². The number of nitriles is 1. The van der Waals surface area contributed by atoms with E-state index >= 15 is 0 Å². The van der Waals surface area contributed by atoms with E-state index in [0.29, 0.717) is 29.0 Å². The number of thiol groups is 1. The molecule has 1 aromatic carbocycles. The third-order valence-electron chi connectivity index (χ3n) is 6.14. The van der Waals surface area contributed by atoms with Gasteiger partial charge in [0.15, 0.2) is 5.50 Å². The van der Waals surface area contributed by atoms with Crippen LogP contribution in [-0.4, -0.2) is 26.3 Å². The maximum absolute atomic E-state index is 13.6. The van der Waals surface area contributed by atoms with Crippen LogP contribution in [-0.2, 0) is 17.4 Å². The highest BCUT2D eigenvalue weighted by molar-refractivity contribution is 7.81. The molecule has 11 heteroatoms. The molecule has 0 radical (unpaired) electrons. The Hall–Kier alpha value is -3.52. The van der Waals surface area contributed by atoms with Crippen LogP contribution in [0.3, 0.4) is 0 Å². The average Bonchev–Trinajstić information content (AvgIpc) is 2.96. The van der Waals surface area contributed by atoms with Gasteiger partial charge in [0, 0.05) is 23.6 Å². The van der Waals surface area contributed by atoms with Gasteiger partial charge in [-0.25, -0.2) is 4.98 Å². The Bertz CT molecular complexity index is 1460. The van der Waals surface area contributed by atoms with E-state index in [2.05, 4.69) is 17.6 Å². The molecular weight excluding hydrogens is 479 g/mol. The predicted octanol–water partition coefficient (Wildman–Crippen LogP) is 4.30. The van der Waals surface area contributed by atoms with Crippen LogP contribution in [0.5, 0.6) is 0 Å². The number of hydrogen-bond acceptors (Lipinski definition) is 6. The van der Waals surface area contributed by atoms with Crippen molar-refractivity contribution >= 4 is 35.6 Å². The van der Waals surface area contributed by atoms with Crippen LogP contribution >= 0.6 is 12.6 Å². The molecule has 3 heterocycles. The minimum absolute atomic E-state index is 0.0409. The van der Waals surface area contributed by atoms with Crippen molar-refractivity contribution in [2.24, 2.45) is 0 Å². The number of aromatic nitrogens is 2. The van der Waals surface area contributed by atoms with Crippen LogP contribution < -0.4 is 15.4 Å². The lowest BCUT2D eigenvalue weighted by Gasteiger charge is -2.33. The molecule has 0 aliphatic carbocycles. The fraction of sp³-hybridized carbons (Fsp3) is 0.333. The summed E-state index contributed by atoms with van der Waals surface area (Å²) >= 11 is 4.60. The van der Waals surface area contributed by atoms with Crippen LogP contribution in [0, 0.1) is 18.3 Å². The molecule has 0 bridgehead atoms. The highest BCUT2D eigenvalue weighted by Crippen LogP contribution is 2.42. The van der Waals surface area contributed by atoms with Crippen molar-refractivity contribution in [3.05, 3.63) is 69.3 Å². The topological polar surface area (TPSA) is 81.7 Å². The second-order valence-corrected chi connectivity index (χ2v) is 9.27. The largest absolute Gasteiger partial charge is 0.417 e. The number of pyridine rings is 1. The molecule has 4 rings (SSSR count). The van der Waals surface area contributed by atoms with Crippen LogP contribution in [0.25, 0.3) is 5.65 Å². The summed E-state index contributed by atoms with van der Waals surface area (Å²) in [4.78, 5) is 33.5. The van der Waals surface area contributed by atoms with Crippen molar-refractivity contribution in [2.45, 2.75) is 51.3 Å². The van der Waals surface area contributed by atoms with Gasteiger partial charge in [0.1, 0.15) is 11.2 Å². The number of hydrogen-bond donors (Lipinski definition) is 1. The fourth-order valence-corrected chi connectivity index (χ4v) is 5.00. The van der Waals surface area contributed by atoms with Crippen LogP contribution in [0.1, 0.15) is 43.2 Å². The average molecular weight is 502 g/mol. The van der Waals surface area contributed by atoms with E-state index in [9.17, 15) is 22.8 Å². The zero-order valence-corrected chi connectivity index (χ0v) is 20.3. The number of rotatable bonds is 3. The van der Waals surface area contributed by atoms with Gasteiger partial charge in [0.25, 0.3) is 11.5 Å². The van der Waals surface area contributed by atoms with Gasteiger partial charge in [-0.05, 0) is 57.0 Å². The van der Waals surface area contributed by atoms with E-state index in [1.54, 1.807) is 37.9 Å². The molecule has 1 atom stereocenters. The zero-order valence-electron chi connectivity index (χ0n) is 19.4. The quantitative estimate of drug-likeness (QED) is 0.542. The molecule has 7 nitrogen and oxygen atoms in total. The molecule has 0 spiro atoms. The number of anilines is 2. The second kappa shape index (κ2) is 8.30. The molecule has 1 unspecified atom stereocenters. The summed E-state index contributed by atoms with van der Waals surface area (Å²) in [5.74, 6) is -0.486. The highest BCUT2D eigenvalue weighted by atomic mass is 32.1. The molecule has 3 aromatic rings. The first-order valence-electron chi connectivity index (χ1n) is 10.8. The zero-order chi connectivity index (χ0) is 25.9. The molecule has 1 aliphatic heterocycles. The summed E-state index contributed by atoms with van der Waals surface area (Å²) in [5, 5.41) is 9.10. The summed E-state index contributed by atoms with van der Waals surface area (Å²) in [5.41, 5.74) is -1.88. The number of benzene rings is 1. The maximum atomic E-state index is 13.6. The molecule has 0 saturated carbocycles. The number of aryl methyl sites for hydroxylation is 2. The van der Waals surface area contributed by atoms with Gasteiger partial charge in [-0.1, -0.05) is 6.92 Å². The lowest BCUT2D eigenvalue weighted by Crippen LogP contribution is -2.45. The summed E-state index contributed by atoms with van der Waals surface area (Å²) in [6.07, 6.45) is -2.62. The normalized spacial score (nSPS) is 17.8. The Morgan fingerprint density at radius 1 is 1.17 bits per heavy atom. The molecule has 2 aromatic heterocycles. The summed E-state index contributed by atoms with van der Waals surface area (Å²) in [6.45, 7) is 6.95. The minimum Gasteiger partial charge on any atom is -0.327 e. The molecule has 0 N–H and O–H groups in total. The number of amides is 1. The third kappa shape index (κ3) is 3.91. The fourth-order valence-electron chi connectivity index (χ4n) is 4.34. The van der Waals surface area contributed by atoms with Crippen molar-refractivity contribution in [1.82, 2.24) is 9.38 Å². The van der Waals surface area contributed by atoms with E-state index < -0.39 is 34.2 Å². The van der Waals surface area contributed by atoms with Gasteiger partial charge >= 0.3 is 6.18 Å². The molecule has 182 valence electrons. The van der Waals surface area contributed by atoms with E-state index in [4.69, 9.17) is 5.26 Å². The smallest absolute Gasteiger partial charge is 0.327 e. The first-order chi connectivity index (χ1) is 16.3. The van der Waals surface area contributed by atoms with Crippen LogP contribution in [0.4, 0.5) is 24.5 Å². The van der Waals surface area contributed by atoms with Gasteiger partial charge in [0.05, 0.1) is 22.9 Å². The van der Waals surface area contributed by atoms with Gasteiger partial charge in [-0.3, -0.25) is 18.9 Å². The standard InChI is InChI=1S/C24H22F3N5O2S/c1-5-15-9-19(33)30-12-17(8-13(2)20(30)29-15)32-22(35)31(21(34)23(32,3)4)16-7-6-14(11-28)18(10-16)24(25,26)27/h6-10,12,22,35H,5H2,1-4H3. The maximum Gasteiger partial charge on any atom is 0.417 e. The monoisotopic (exact) mass is 501 g/mol. The Kier molecular flexibility index (Phi) is 5.84. The van der Waals surface area contributed by atoms with Crippen molar-refractivity contribution in [3.63, 3.8) is 0 Å². The molecular formula is C24H22F3N5O2S. The van der Waals surface area contributed by atoms with E-state index in [1.165, 1.54) is 22.6 Å². The Labute approximate surface area is 204 Å². The van der Waals surface area contributed by atoms with Gasteiger partial charge in [-0.2, -0.15) is 18.4 Å². The van der Waals surface area contributed by atoms with E-state index in [0.717, 1.165) is 17.0 Å². The Balaban J connectivity index is 1.86. The summed E-state index contributed by atoms with van der Waals surface area (Å²) in [7, 11) is 0. The van der Waals surface area contributed by atoms with Crippen molar-refractivity contribution in [2.75, 3.05) is 9.80 Å². The second-order valence-electron chi connectivity index (χ2n) is 8.80. The Morgan fingerprint density at radius 3 is 2.46 bits per heavy atom. The summed E-state index contributed by atoms with van der Waals surface area (Å²) in [6, 6.07) is 7.86. The number of carbonyl (C=O) groups is 1. The molecule has 1 fully saturated rings.